The molecule has 3 heterocycles. The Labute approximate surface area is 195 Å². The van der Waals surface area contributed by atoms with Crippen LogP contribution in [0.3, 0.4) is 0 Å². The number of rotatable bonds is 4. The monoisotopic (exact) mass is 495 g/mol. The molecular weight excluding hydrogens is 471 g/mol. The Morgan fingerprint density at radius 2 is 1.94 bits per heavy atom. The number of carbonyl (C=O) groups is 1. The molecule has 0 aromatic heterocycles. The lowest BCUT2D eigenvalue weighted by atomic mass is 9.91. The molecular formula is C23H24F3N3O4S. The zero-order chi connectivity index (χ0) is 24.3. The fraction of sp³-hybridized carbons (Fsp3) is 0.435. The zero-order valence-electron chi connectivity index (χ0n) is 18.4. The molecule has 1 amide bonds. The summed E-state index contributed by atoms with van der Waals surface area (Å²) in [6.45, 7) is -0.345. The average molecular weight is 496 g/mol. The highest BCUT2D eigenvalue weighted by molar-refractivity contribution is 7.87. The van der Waals surface area contributed by atoms with Gasteiger partial charge in [0.15, 0.2) is 5.67 Å². The summed E-state index contributed by atoms with van der Waals surface area (Å²) < 4.78 is 78.8. The van der Waals surface area contributed by atoms with Crippen LogP contribution in [-0.2, 0) is 26.2 Å². The van der Waals surface area contributed by atoms with Crippen LogP contribution in [0.25, 0.3) is 11.1 Å². The lowest BCUT2D eigenvalue weighted by molar-refractivity contribution is -0.157. The van der Waals surface area contributed by atoms with Gasteiger partial charge in [-0.2, -0.15) is 17.4 Å². The highest BCUT2D eigenvalue weighted by atomic mass is 32.2. The maximum absolute atomic E-state index is 16.1. The number of nitrogens with one attached hydrogen (secondary N) is 1. The van der Waals surface area contributed by atoms with Gasteiger partial charge in [-0.05, 0) is 29.7 Å². The molecule has 0 bridgehead atoms. The normalized spacial score (nSPS) is 30.6. The van der Waals surface area contributed by atoms with Gasteiger partial charge < -0.3 is 9.64 Å². The van der Waals surface area contributed by atoms with E-state index in [1.807, 2.05) is 0 Å². The van der Waals surface area contributed by atoms with E-state index >= 15 is 8.78 Å². The Bertz CT molecular complexity index is 1240. The molecule has 3 aliphatic rings. The maximum atomic E-state index is 16.1. The van der Waals surface area contributed by atoms with E-state index in [1.165, 1.54) is 42.3 Å². The fourth-order valence-corrected chi connectivity index (χ4v) is 6.24. The summed E-state index contributed by atoms with van der Waals surface area (Å²) in [5.41, 5.74) is -1.39. The largest absolute Gasteiger partial charge is 0.368 e. The van der Waals surface area contributed by atoms with Crippen LogP contribution < -0.4 is 4.72 Å². The fourth-order valence-electron chi connectivity index (χ4n) is 4.99. The van der Waals surface area contributed by atoms with Crippen molar-refractivity contribution in [3.05, 3.63) is 59.7 Å². The standard InChI is InChI=1S/C23H24F3N3O4S/c1-28-12-23(26)13-29(22(30)19-8-9-33-19)18(21(23)27-34(28,31)32)11-15-5-3-7-17(20(15)25)14-4-2-6-16(24)10-14/h2-7,10,18-19,21,27H,8-9,11-13H2,1H3/t18-,19-,21+,23?/m0/s1. The molecule has 2 aromatic carbocycles. The van der Waals surface area contributed by atoms with Gasteiger partial charge >= 0.3 is 0 Å². The van der Waals surface area contributed by atoms with Crippen LogP contribution in [0.2, 0.25) is 0 Å². The second-order valence-corrected chi connectivity index (χ2v) is 10.9. The van der Waals surface area contributed by atoms with Gasteiger partial charge in [-0.1, -0.05) is 30.3 Å². The smallest absolute Gasteiger partial charge is 0.279 e. The number of halogens is 3. The highest BCUT2D eigenvalue weighted by Crippen LogP contribution is 2.39. The third kappa shape index (κ3) is 3.90. The van der Waals surface area contributed by atoms with Crippen LogP contribution in [0.4, 0.5) is 13.2 Å². The minimum absolute atomic E-state index is 0.129. The topological polar surface area (TPSA) is 79.0 Å². The molecule has 0 aliphatic carbocycles. The molecule has 0 saturated carbocycles. The van der Waals surface area contributed by atoms with Crippen molar-refractivity contribution < 1.29 is 31.1 Å². The van der Waals surface area contributed by atoms with Crippen molar-refractivity contribution in [2.24, 2.45) is 0 Å². The van der Waals surface area contributed by atoms with E-state index in [4.69, 9.17) is 4.74 Å². The van der Waals surface area contributed by atoms with Gasteiger partial charge in [0.2, 0.25) is 0 Å². The predicted octanol–water partition coefficient (Wildman–Crippen LogP) is 2.03. The minimum atomic E-state index is -3.97. The Morgan fingerprint density at radius 1 is 1.21 bits per heavy atom. The number of alkyl halides is 1. The lowest BCUT2D eigenvalue weighted by Crippen LogP contribution is -2.65. The molecule has 3 aliphatic heterocycles. The first kappa shape index (κ1) is 23.3. The summed E-state index contributed by atoms with van der Waals surface area (Å²) in [6, 6.07) is 7.88. The first-order valence-electron chi connectivity index (χ1n) is 11.0. The summed E-state index contributed by atoms with van der Waals surface area (Å²) in [5.74, 6) is -1.59. The van der Waals surface area contributed by atoms with Crippen LogP contribution in [0.15, 0.2) is 42.5 Å². The molecule has 34 heavy (non-hydrogen) atoms. The first-order valence-corrected chi connectivity index (χ1v) is 12.4. The summed E-state index contributed by atoms with van der Waals surface area (Å²) in [6.07, 6.45) is -0.360. The number of benzene rings is 2. The van der Waals surface area contributed by atoms with E-state index in [0.717, 1.165) is 4.31 Å². The Balaban J connectivity index is 1.52. The number of nitrogens with zero attached hydrogens (tertiary/aromatic N) is 2. The predicted molar refractivity (Wildman–Crippen MR) is 118 cm³/mol. The molecule has 7 nitrogen and oxygen atoms in total. The van der Waals surface area contributed by atoms with Gasteiger partial charge in [0.1, 0.15) is 17.7 Å². The molecule has 5 rings (SSSR count). The van der Waals surface area contributed by atoms with Crippen molar-refractivity contribution in [2.75, 3.05) is 26.7 Å². The van der Waals surface area contributed by atoms with E-state index in [0.29, 0.717) is 18.6 Å². The Hall–Kier alpha value is -2.47. The van der Waals surface area contributed by atoms with Crippen LogP contribution in [-0.4, -0.2) is 74.1 Å². The zero-order valence-corrected chi connectivity index (χ0v) is 19.2. The van der Waals surface area contributed by atoms with Crippen molar-refractivity contribution in [1.82, 2.24) is 13.9 Å². The number of carbonyl (C=O) groups excluding carboxylic acids is 1. The van der Waals surface area contributed by atoms with Gasteiger partial charge in [-0.25, -0.2) is 13.2 Å². The highest BCUT2D eigenvalue weighted by Gasteiger charge is 2.60. The van der Waals surface area contributed by atoms with Gasteiger partial charge in [-0.15, -0.1) is 0 Å². The molecule has 0 spiro atoms. The number of amides is 1. The summed E-state index contributed by atoms with van der Waals surface area (Å²) >= 11 is 0. The van der Waals surface area contributed by atoms with Gasteiger partial charge in [0, 0.05) is 19.0 Å². The van der Waals surface area contributed by atoms with E-state index in [2.05, 4.69) is 4.72 Å². The van der Waals surface area contributed by atoms with Gasteiger partial charge in [0.05, 0.1) is 31.8 Å². The second-order valence-electron chi connectivity index (χ2n) is 9.07. The SMILES string of the molecule is CN1CC2(F)CN(C(=O)[C@@H]3CCO3)[C@@H](Cc3cccc(-c4cccc(F)c4)c3F)[C@H]2NS1(=O)=O. The third-order valence-electron chi connectivity index (χ3n) is 6.85. The van der Waals surface area contributed by atoms with Gasteiger partial charge in [0.25, 0.3) is 16.1 Å². The minimum Gasteiger partial charge on any atom is -0.368 e. The van der Waals surface area contributed by atoms with E-state index in [1.54, 1.807) is 12.1 Å². The van der Waals surface area contributed by atoms with Crippen LogP contribution in [0.5, 0.6) is 0 Å². The number of ether oxygens (including phenoxy) is 1. The summed E-state index contributed by atoms with van der Waals surface area (Å²) in [5, 5.41) is 0. The number of hydrogen-bond donors (Lipinski definition) is 1. The van der Waals surface area contributed by atoms with Crippen LogP contribution in [0, 0.1) is 11.6 Å². The summed E-state index contributed by atoms with van der Waals surface area (Å²) in [4.78, 5) is 14.4. The van der Waals surface area contributed by atoms with E-state index in [-0.39, 0.29) is 24.1 Å². The van der Waals surface area contributed by atoms with E-state index < -0.39 is 58.2 Å². The second kappa shape index (κ2) is 8.33. The molecule has 3 fully saturated rings. The molecule has 2 aromatic rings. The number of likely N-dealkylation sites (tertiary alicyclic amines) is 1. The molecule has 1 N–H and O–H groups in total. The van der Waals surface area contributed by atoms with Crippen LogP contribution in [0.1, 0.15) is 12.0 Å². The Morgan fingerprint density at radius 3 is 2.62 bits per heavy atom. The maximum Gasteiger partial charge on any atom is 0.279 e. The average Bonchev–Trinajstić information content (AvgIpc) is 3.00. The first-order chi connectivity index (χ1) is 16.1. The van der Waals surface area contributed by atoms with Crippen molar-refractivity contribution >= 4 is 16.1 Å². The molecule has 0 radical (unpaired) electrons. The molecule has 3 saturated heterocycles. The van der Waals surface area contributed by atoms with Crippen LogP contribution >= 0.6 is 0 Å². The number of fused-ring (bicyclic) bond motifs is 1. The number of hydrogen-bond acceptors (Lipinski definition) is 4. The quantitative estimate of drug-likeness (QED) is 0.704. The molecule has 11 heteroatoms. The Kier molecular flexibility index (Phi) is 5.70. The lowest BCUT2D eigenvalue weighted by Gasteiger charge is -2.38. The summed E-state index contributed by atoms with van der Waals surface area (Å²) in [7, 11) is -2.71. The third-order valence-corrected chi connectivity index (χ3v) is 8.35. The molecule has 4 atom stereocenters. The van der Waals surface area contributed by atoms with Crippen molar-refractivity contribution in [2.45, 2.75) is 36.7 Å². The molecule has 1 unspecified atom stereocenters. The van der Waals surface area contributed by atoms with E-state index in [9.17, 15) is 17.6 Å². The van der Waals surface area contributed by atoms with Crippen molar-refractivity contribution in [3.63, 3.8) is 0 Å². The van der Waals surface area contributed by atoms with Gasteiger partial charge in [-0.3, -0.25) is 4.79 Å². The van der Waals surface area contributed by atoms with Crippen molar-refractivity contribution in [3.8, 4) is 11.1 Å². The molecule has 182 valence electrons. The van der Waals surface area contributed by atoms with Crippen molar-refractivity contribution in [1.29, 1.82) is 0 Å².